The number of rotatable bonds is 8. The third kappa shape index (κ3) is 5.28. The van der Waals surface area contributed by atoms with E-state index >= 15 is 0 Å². The number of nitrogens with one attached hydrogen (secondary N) is 1. The molecule has 17 heavy (non-hydrogen) atoms. The third-order valence-corrected chi connectivity index (χ3v) is 2.49. The fourth-order valence-electron chi connectivity index (χ4n) is 1.52. The largest absolute Gasteiger partial charge is 0.394 e. The average Bonchev–Trinajstić information content (AvgIpc) is 2.37. The summed E-state index contributed by atoms with van der Waals surface area (Å²) in [6, 6.07) is 8.04. The molecule has 4 heteroatoms. The van der Waals surface area contributed by atoms with Crippen LogP contribution in [0.1, 0.15) is 18.1 Å². The van der Waals surface area contributed by atoms with Gasteiger partial charge in [-0.3, -0.25) is 0 Å². The summed E-state index contributed by atoms with van der Waals surface area (Å²) in [5, 5.41) is 21.0. The number of aliphatic hydroxyl groups is 2. The first-order valence-electron chi connectivity index (χ1n) is 5.92. The van der Waals surface area contributed by atoms with Crippen molar-refractivity contribution in [3.05, 3.63) is 35.4 Å². The maximum Gasteiger partial charge on any atom is 0.0895 e. The second-order valence-electron chi connectivity index (χ2n) is 3.87. The van der Waals surface area contributed by atoms with Crippen molar-refractivity contribution in [1.29, 1.82) is 0 Å². The third-order valence-electron chi connectivity index (χ3n) is 2.49. The van der Waals surface area contributed by atoms with Crippen molar-refractivity contribution in [1.82, 2.24) is 5.32 Å². The highest BCUT2D eigenvalue weighted by Gasteiger charge is 2.04. The van der Waals surface area contributed by atoms with E-state index in [1.807, 2.05) is 31.2 Å². The molecule has 96 valence electrons. The molecule has 0 aromatic heterocycles. The first-order chi connectivity index (χ1) is 8.27. The molecule has 0 saturated heterocycles. The molecule has 0 spiro atoms. The molecule has 1 rings (SSSR count). The highest BCUT2D eigenvalue weighted by Crippen LogP contribution is 2.09. The van der Waals surface area contributed by atoms with Gasteiger partial charge in [-0.2, -0.15) is 0 Å². The fourth-order valence-corrected chi connectivity index (χ4v) is 1.52. The Kier molecular flexibility index (Phi) is 6.81. The van der Waals surface area contributed by atoms with E-state index in [1.54, 1.807) is 0 Å². The summed E-state index contributed by atoms with van der Waals surface area (Å²) in [5.41, 5.74) is 2.31. The summed E-state index contributed by atoms with van der Waals surface area (Å²) in [4.78, 5) is 0. The number of hydrogen-bond donors (Lipinski definition) is 3. The van der Waals surface area contributed by atoms with E-state index in [4.69, 9.17) is 9.84 Å². The molecule has 0 unspecified atom stereocenters. The highest BCUT2D eigenvalue weighted by molar-refractivity contribution is 5.26. The van der Waals surface area contributed by atoms with Gasteiger partial charge in [0.1, 0.15) is 0 Å². The lowest BCUT2D eigenvalue weighted by Gasteiger charge is -2.12. The van der Waals surface area contributed by atoms with Gasteiger partial charge in [0.25, 0.3) is 0 Å². The minimum atomic E-state index is -0.700. The van der Waals surface area contributed by atoms with Crippen molar-refractivity contribution in [2.75, 3.05) is 19.8 Å². The number of ether oxygens (including phenoxy) is 1. The summed E-state index contributed by atoms with van der Waals surface area (Å²) in [6.45, 7) is 4.12. The molecule has 3 N–H and O–H groups in total. The second kappa shape index (κ2) is 8.20. The molecule has 0 bridgehead atoms. The van der Waals surface area contributed by atoms with Crippen LogP contribution in [0.2, 0.25) is 0 Å². The van der Waals surface area contributed by atoms with Crippen LogP contribution in [-0.4, -0.2) is 36.1 Å². The van der Waals surface area contributed by atoms with E-state index < -0.39 is 6.10 Å². The van der Waals surface area contributed by atoms with Crippen molar-refractivity contribution in [3.63, 3.8) is 0 Å². The number of hydrogen-bond acceptors (Lipinski definition) is 4. The van der Waals surface area contributed by atoms with Gasteiger partial charge in [-0.15, -0.1) is 0 Å². The van der Waals surface area contributed by atoms with E-state index in [-0.39, 0.29) is 6.61 Å². The van der Waals surface area contributed by atoms with Crippen molar-refractivity contribution in [3.8, 4) is 0 Å². The molecule has 0 heterocycles. The Labute approximate surface area is 102 Å². The zero-order valence-electron chi connectivity index (χ0n) is 10.2. The normalized spacial score (nSPS) is 12.6. The van der Waals surface area contributed by atoms with E-state index in [9.17, 15) is 5.11 Å². The molecule has 1 atom stereocenters. The standard InChI is InChI=1S/C13H21NO3/c1-2-17-10-12-6-4-3-5-11(12)7-14-8-13(16)9-15/h3-6,13-16H,2,7-10H2,1H3/t13-/m1/s1. The summed E-state index contributed by atoms with van der Waals surface area (Å²) in [5.74, 6) is 0. The zero-order valence-corrected chi connectivity index (χ0v) is 10.2. The molecule has 0 aliphatic rings. The van der Waals surface area contributed by atoms with Crippen molar-refractivity contribution in [2.45, 2.75) is 26.2 Å². The molecule has 0 radical (unpaired) electrons. The predicted molar refractivity (Wildman–Crippen MR) is 66.6 cm³/mol. The smallest absolute Gasteiger partial charge is 0.0895 e. The van der Waals surface area contributed by atoms with Gasteiger partial charge in [-0.25, -0.2) is 0 Å². The predicted octanol–water partition coefficient (Wildman–Crippen LogP) is 0.666. The van der Waals surface area contributed by atoms with Gasteiger partial charge >= 0.3 is 0 Å². The van der Waals surface area contributed by atoms with E-state index in [0.29, 0.717) is 26.3 Å². The van der Waals surface area contributed by atoms with Gasteiger partial charge < -0.3 is 20.3 Å². The molecule has 0 aliphatic carbocycles. The molecular weight excluding hydrogens is 218 g/mol. The van der Waals surface area contributed by atoms with E-state index in [2.05, 4.69) is 5.32 Å². The topological polar surface area (TPSA) is 61.7 Å². The van der Waals surface area contributed by atoms with Gasteiger partial charge in [0, 0.05) is 19.7 Å². The Morgan fingerprint density at radius 2 is 2.00 bits per heavy atom. The molecule has 1 aromatic carbocycles. The van der Waals surface area contributed by atoms with Crippen molar-refractivity contribution in [2.24, 2.45) is 0 Å². The molecule has 0 aliphatic heterocycles. The highest BCUT2D eigenvalue weighted by atomic mass is 16.5. The van der Waals surface area contributed by atoms with Gasteiger partial charge in [-0.05, 0) is 18.1 Å². The second-order valence-corrected chi connectivity index (χ2v) is 3.87. The lowest BCUT2D eigenvalue weighted by Crippen LogP contribution is -2.29. The van der Waals surface area contributed by atoms with Gasteiger partial charge in [0.2, 0.25) is 0 Å². The van der Waals surface area contributed by atoms with Crippen LogP contribution < -0.4 is 5.32 Å². The van der Waals surface area contributed by atoms with Crippen LogP contribution in [0.4, 0.5) is 0 Å². The minimum Gasteiger partial charge on any atom is -0.394 e. The summed E-state index contributed by atoms with van der Waals surface area (Å²) in [7, 11) is 0. The number of aliphatic hydroxyl groups excluding tert-OH is 2. The Morgan fingerprint density at radius 3 is 2.65 bits per heavy atom. The SMILES string of the molecule is CCOCc1ccccc1CNC[C@@H](O)CO. The Hall–Kier alpha value is -0.940. The molecule has 0 saturated carbocycles. The number of benzene rings is 1. The molecule has 4 nitrogen and oxygen atoms in total. The van der Waals surface area contributed by atoms with Crippen LogP contribution in [0.5, 0.6) is 0 Å². The lowest BCUT2D eigenvalue weighted by molar-refractivity contribution is 0.0941. The first kappa shape index (κ1) is 14.1. The zero-order chi connectivity index (χ0) is 12.5. The van der Waals surface area contributed by atoms with Crippen molar-refractivity contribution < 1.29 is 14.9 Å². The summed E-state index contributed by atoms with van der Waals surface area (Å²) >= 11 is 0. The Balaban J connectivity index is 2.45. The van der Waals surface area contributed by atoms with Crippen LogP contribution >= 0.6 is 0 Å². The lowest BCUT2D eigenvalue weighted by atomic mass is 10.1. The van der Waals surface area contributed by atoms with Crippen molar-refractivity contribution >= 4 is 0 Å². The average molecular weight is 239 g/mol. The first-order valence-corrected chi connectivity index (χ1v) is 5.92. The van der Waals surface area contributed by atoms with Crippen LogP contribution in [-0.2, 0) is 17.9 Å². The van der Waals surface area contributed by atoms with Gasteiger partial charge in [-0.1, -0.05) is 24.3 Å². The quantitative estimate of drug-likeness (QED) is 0.624. The summed E-state index contributed by atoms with van der Waals surface area (Å²) in [6.07, 6.45) is -0.700. The van der Waals surface area contributed by atoms with E-state index in [0.717, 1.165) is 11.1 Å². The molecular formula is C13H21NO3. The van der Waals surface area contributed by atoms with E-state index in [1.165, 1.54) is 0 Å². The molecule has 0 fully saturated rings. The maximum atomic E-state index is 9.21. The van der Waals surface area contributed by atoms with Crippen LogP contribution in [0.3, 0.4) is 0 Å². The minimum absolute atomic E-state index is 0.215. The van der Waals surface area contributed by atoms with Gasteiger partial charge in [0.15, 0.2) is 0 Å². The maximum absolute atomic E-state index is 9.21. The van der Waals surface area contributed by atoms with Crippen LogP contribution in [0.15, 0.2) is 24.3 Å². The monoisotopic (exact) mass is 239 g/mol. The van der Waals surface area contributed by atoms with Gasteiger partial charge in [0.05, 0.1) is 19.3 Å². The van der Waals surface area contributed by atoms with Crippen LogP contribution in [0.25, 0.3) is 0 Å². The summed E-state index contributed by atoms with van der Waals surface area (Å²) < 4.78 is 5.39. The molecule has 0 amide bonds. The molecule has 1 aromatic rings. The fraction of sp³-hybridized carbons (Fsp3) is 0.538. The Bertz CT molecular complexity index is 317. The van der Waals surface area contributed by atoms with Crippen LogP contribution in [0, 0.1) is 0 Å². The Morgan fingerprint density at radius 1 is 1.29 bits per heavy atom.